The monoisotopic (exact) mass is 395 g/mol. The number of hydrogen-bond acceptors (Lipinski definition) is 5. The van der Waals surface area contributed by atoms with Crippen molar-refractivity contribution in [2.75, 3.05) is 20.2 Å². The first kappa shape index (κ1) is 20.5. The fourth-order valence-corrected chi connectivity index (χ4v) is 3.32. The first-order valence-electron chi connectivity index (χ1n) is 9.50. The number of amides is 2. The Bertz CT molecular complexity index is 879. The van der Waals surface area contributed by atoms with Gasteiger partial charge in [-0.05, 0) is 30.2 Å². The molecule has 0 aliphatic carbocycles. The summed E-state index contributed by atoms with van der Waals surface area (Å²) < 4.78 is 0. The third-order valence-corrected chi connectivity index (χ3v) is 4.75. The molecule has 2 atom stereocenters. The van der Waals surface area contributed by atoms with E-state index < -0.39 is 12.1 Å². The Kier molecular flexibility index (Phi) is 6.61. The van der Waals surface area contributed by atoms with Crippen LogP contribution in [-0.2, 0) is 9.63 Å². The average molecular weight is 395 g/mol. The van der Waals surface area contributed by atoms with E-state index in [2.05, 4.69) is 10.5 Å². The van der Waals surface area contributed by atoms with Gasteiger partial charge in [0.2, 0.25) is 5.91 Å². The standard InChI is InChI=1S/C22H25N3O4/c1-15(26)13-23-21(27)20-12-19(24-29-2)14-25(20)22(28)18-10-8-17(9-11-18)16-6-4-3-5-7-16/h3-11,15,20,26H,12-14H2,1-2H3,(H,23,27)/t15?,20-/m0/s1. The molecule has 0 saturated carbocycles. The van der Waals surface area contributed by atoms with Gasteiger partial charge in [-0.2, -0.15) is 0 Å². The summed E-state index contributed by atoms with van der Waals surface area (Å²) in [5, 5.41) is 16.0. The van der Waals surface area contributed by atoms with E-state index in [1.165, 1.54) is 12.0 Å². The molecule has 7 nitrogen and oxygen atoms in total. The van der Waals surface area contributed by atoms with Crippen LogP contribution in [0.2, 0.25) is 0 Å². The second kappa shape index (κ2) is 9.34. The second-order valence-corrected chi connectivity index (χ2v) is 7.03. The maximum atomic E-state index is 13.1. The Morgan fingerprint density at radius 3 is 2.45 bits per heavy atom. The summed E-state index contributed by atoms with van der Waals surface area (Å²) in [5.74, 6) is -0.565. The molecular weight excluding hydrogens is 370 g/mol. The first-order chi connectivity index (χ1) is 14.0. The fraction of sp³-hybridized carbons (Fsp3) is 0.318. The topological polar surface area (TPSA) is 91.2 Å². The van der Waals surface area contributed by atoms with Gasteiger partial charge < -0.3 is 20.2 Å². The average Bonchev–Trinajstić information content (AvgIpc) is 3.16. The maximum Gasteiger partial charge on any atom is 0.254 e. The minimum Gasteiger partial charge on any atom is -0.399 e. The van der Waals surface area contributed by atoms with Crippen LogP contribution in [0.15, 0.2) is 59.8 Å². The molecule has 2 aromatic rings. The lowest BCUT2D eigenvalue weighted by Crippen LogP contribution is -2.47. The lowest BCUT2D eigenvalue weighted by molar-refractivity contribution is -0.125. The van der Waals surface area contributed by atoms with E-state index in [9.17, 15) is 14.7 Å². The molecule has 1 unspecified atom stereocenters. The van der Waals surface area contributed by atoms with E-state index >= 15 is 0 Å². The quantitative estimate of drug-likeness (QED) is 0.733. The first-order valence-corrected chi connectivity index (χ1v) is 9.50. The van der Waals surface area contributed by atoms with E-state index in [0.717, 1.165) is 11.1 Å². The summed E-state index contributed by atoms with van der Waals surface area (Å²) in [7, 11) is 1.43. The summed E-state index contributed by atoms with van der Waals surface area (Å²) in [6, 6.07) is 16.5. The molecule has 1 heterocycles. The van der Waals surface area contributed by atoms with Crippen LogP contribution in [0.4, 0.5) is 0 Å². The Hall–Kier alpha value is -3.19. The van der Waals surface area contributed by atoms with E-state index in [-0.39, 0.29) is 24.9 Å². The van der Waals surface area contributed by atoms with Gasteiger partial charge in [0.15, 0.2) is 0 Å². The molecule has 0 aromatic heterocycles. The van der Waals surface area contributed by atoms with E-state index in [4.69, 9.17) is 4.84 Å². The van der Waals surface area contributed by atoms with E-state index in [1.807, 2.05) is 42.5 Å². The predicted octanol–water partition coefficient (Wildman–Crippen LogP) is 2.07. The highest BCUT2D eigenvalue weighted by atomic mass is 16.6. The van der Waals surface area contributed by atoms with Gasteiger partial charge in [-0.25, -0.2) is 0 Å². The lowest BCUT2D eigenvalue weighted by Gasteiger charge is -2.23. The minimum atomic E-state index is -0.691. The SMILES string of the molecule is CON=C1C[C@@H](C(=O)NCC(C)O)N(C(=O)c2ccc(-c3ccccc3)cc2)C1. The fourth-order valence-electron chi connectivity index (χ4n) is 3.32. The number of nitrogens with zero attached hydrogens (tertiary/aromatic N) is 2. The molecule has 0 bridgehead atoms. The molecule has 29 heavy (non-hydrogen) atoms. The maximum absolute atomic E-state index is 13.1. The number of aliphatic hydroxyl groups is 1. The zero-order valence-corrected chi connectivity index (χ0v) is 16.5. The van der Waals surface area contributed by atoms with Crippen LogP contribution in [0.25, 0.3) is 11.1 Å². The van der Waals surface area contributed by atoms with Crippen molar-refractivity contribution in [2.45, 2.75) is 25.5 Å². The van der Waals surface area contributed by atoms with E-state index in [1.54, 1.807) is 19.1 Å². The molecule has 2 amide bonds. The molecule has 1 aliphatic heterocycles. The van der Waals surface area contributed by atoms with Crippen molar-refractivity contribution in [3.63, 3.8) is 0 Å². The van der Waals surface area contributed by atoms with Crippen molar-refractivity contribution in [3.8, 4) is 11.1 Å². The Morgan fingerprint density at radius 1 is 1.17 bits per heavy atom. The molecule has 7 heteroatoms. The molecular formula is C22H25N3O4. The summed E-state index contributed by atoms with van der Waals surface area (Å²) in [4.78, 5) is 32.0. The number of nitrogens with one attached hydrogen (secondary N) is 1. The Labute approximate surface area is 170 Å². The van der Waals surface area contributed by atoms with Crippen LogP contribution >= 0.6 is 0 Å². The van der Waals surface area contributed by atoms with Crippen molar-refractivity contribution in [1.29, 1.82) is 0 Å². The minimum absolute atomic E-state index is 0.125. The lowest BCUT2D eigenvalue weighted by atomic mass is 10.0. The Morgan fingerprint density at radius 2 is 1.83 bits per heavy atom. The zero-order valence-electron chi connectivity index (χ0n) is 16.5. The van der Waals surface area contributed by atoms with Crippen molar-refractivity contribution < 1.29 is 19.5 Å². The van der Waals surface area contributed by atoms with Crippen molar-refractivity contribution in [3.05, 3.63) is 60.2 Å². The number of rotatable bonds is 6. The number of hydrogen-bond donors (Lipinski definition) is 2. The third-order valence-electron chi connectivity index (χ3n) is 4.75. The highest BCUT2D eigenvalue weighted by molar-refractivity contribution is 6.05. The predicted molar refractivity (Wildman–Crippen MR) is 110 cm³/mol. The van der Waals surface area contributed by atoms with Crippen LogP contribution in [0.5, 0.6) is 0 Å². The Balaban J connectivity index is 1.79. The molecule has 0 spiro atoms. The van der Waals surface area contributed by atoms with Crippen LogP contribution in [0.3, 0.4) is 0 Å². The van der Waals surface area contributed by atoms with Gasteiger partial charge in [-0.15, -0.1) is 0 Å². The molecule has 1 saturated heterocycles. The number of carbonyl (C=O) groups excluding carboxylic acids is 2. The van der Waals surface area contributed by atoms with Gasteiger partial charge in [0.05, 0.1) is 18.4 Å². The van der Waals surface area contributed by atoms with Gasteiger partial charge in [0.1, 0.15) is 13.2 Å². The molecule has 2 N–H and O–H groups in total. The number of carbonyl (C=O) groups is 2. The largest absolute Gasteiger partial charge is 0.399 e. The van der Waals surface area contributed by atoms with Crippen molar-refractivity contribution >= 4 is 17.5 Å². The smallest absolute Gasteiger partial charge is 0.254 e. The summed E-state index contributed by atoms with van der Waals surface area (Å²) in [5.41, 5.74) is 3.20. The highest BCUT2D eigenvalue weighted by Crippen LogP contribution is 2.23. The molecule has 3 rings (SSSR count). The molecule has 1 aliphatic rings. The van der Waals surface area contributed by atoms with Crippen LogP contribution in [0, 0.1) is 0 Å². The van der Waals surface area contributed by atoms with Gasteiger partial charge in [-0.3, -0.25) is 9.59 Å². The van der Waals surface area contributed by atoms with Gasteiger partial charge in [-0.1, -0.05) is 47.6 Å². The molecule has 2 aromatic carbocycles. The number of oxime groups is 1. The summed E-state index contributed by atoms with van der Waals surface area (Å²) in [6.07, 6.45) is -0.366. The second-order valence-electron chi connectivity index (χ2n) is 7.03. The van der Waals surface area contributed by atoms with Gasteiger partial charge in [0, 0.05) is 18.5 Å². The molecule has 0 radical (unpaired) electrons. The van der Waals surface area contributed by atoms with Gasteiger partial charge in [0.25, 0.3) is 5.91 Å². The number of likely N-dealkylation sites (tertiary alicyclic amines) is 1. The molecule has 1 fully saturated rings. The van der Waals surface area contributed by atoms with E-state index in [0.29, 0.717) is 17.7 Å². The number of benzene rings is 2. The van der Waals surface area contributed by atoms with Crippen LogP contribution < -0.4 is 5.32 Å². The zero-order chi connectivity index (χ0) is 20.8. The highest BCUT2D eigenvalue weighted by Gasteiger charge is 2.38. The summed E-state index contributed by atoms with van der Waals surface area (Å²) >= 11 is 0. The normalized spacial score (nSPS) is 18.5. The van der Waals surface area contributed by atoms with Crippen LogP contribution in [-0.4, -0.2) is 59.9 Å². The van der Waals surface area contributed by atoms with Gasteiger partial charge >= 0.3 is 0 Å². The third kappa shape index (κ3) is 5.00. The van der Waals surface area contributed by atoms with Crippen molar-refractivity contribution in [1.82, 2.24) is 10.2 Å². The molecule has 152 valence electrons. The van der Waals surface area contributed by atoms with Crippen LogP contribution in [0.1, 0.15) is 23.7 Å². The number of aliphatic hydroxyl groups excluding tert-OH is 1. The van der Waals surface area contributed by atoms with Crippen molar-refractivity contribution in [2.24, 2.45) is 5.16 Å². The summed E-state index contributed by atoms with van der Waals surface area (Å²) in [6.45, 7) is 1.93.